The molecule has 4 heteroatoms. The topological polar surface area (TPSA) is 39.4 Å². The number of nitrogens with zero attached hydrogens (tertiary/aromatic N) is 3. The van der Waals surface area contributed by atoms with E-state index in [1.54, 1.807) is 0 Å². The fraction of sp³-hybridized carbons (Fsp3) is 0.0435. The molecular weight excluding hydrogens is 334 g/mol. The third kappa shape index (κ3) is 3.02. The molecule has 5 rings (SSSR count). The zero-order valence-corrected chi connectivity index (χ0v) is 14.6. The van der Waals surface area contributed by atoms with Gasteiger partial charge in [0.25, 0.3) is 0 Å². The largest absolute Gasteiger partial charge is 0.489 e. The van der Waals surface area contributed by atoms with Crippen LogP contribution in [0.15, 0.2) is 91.1 Å². The van der Waals surface area contributed by atoms with Crippen LogP contribution in [-0.4, -0.2) is 14.6 Å². The summed E-state index contributed by atoms with van der Waals surface area (Å²) in [6.07, 6.45) is 1.95. The van der Waals surface area contributed by atoms with Gasteiger partial charge in [0.1, 0.15) is 12.4 Å². The van der Waals surface area contributed by atoms with Gasteiger partial charge in [-0.1, -0.05) is 66.7 Å². The Bertz CT molecular complexity index is 1230. The summed E-state index contributed by atoms with van der Waals surface area (Å²) in [6.45, 7) is 0.535. The number of hydrogen-bond donors (Lipinski definition) is 0. The van der Waals surface area contributed by atoms with Crippen molar-refractivity contribution in [2.75, 3.05) is 0 Å². The maximum Gasteiger partial charge on any atom is 0.182 e. The van der Waals surface area contributed by atoms with E-state index in [2.05, 4.69) is 35.4 Å². The second-order valence-electron chi connectivity index (χ2n) is 6.41. The Labute approximate surface area is 156 Å². The molecule has 0 unspecified atom stereocenters. The summed E-state index contributed by atoms with van der Waals surface area (Å²) in [5.74, 6) is 1.50. The van der Waals surface area contributed by atoms with Crippen LogP contribution in [0, 0.1) is 0 Å². The first-order chi connectivity index (χ1) is 13.4. The molecule has 4 nitrogen and oxygen atoms in total. The van der Waals surface area contributed by atoms with E-state index < -0.39 is 0 Å². The van der Waals surface area contributed by atoms with E-state index in [0.29, 0.717) is 12.4 Å². The van der Waals surface area contributed by atoms with Crippen LogP contribution in [0.2, 0.25) is 0 Å². The molecule has 27 heavy (non-hydrogen) atoms. The predicted octanol–water partition coefficient (Wildman–Crippen LogP) is 5.13. The van der Waals surface area contributed by atoms with Crippen molar-refractivity contribution in [2.45, 2.75) is 6.61 Å². The van der Waals surface area contributed by atoms with Crippen molar-refractivity contribution in [3.05, 3.63) is 96.7 Å². The minimum Gasteiger partial charge on any atom is -0.489 e. The first-order valence-corrected chi connectivity index (χ1v) is 8.88. The van der Waals surface area contributed by atoms with Gasteiger partial charge in [0.2, 0.25) is 0 Å². The second kappa shape index (κ2) is 6.57. The predicted molar refractivity (Wildman–Crippen MR) is 107 cm³/mol. The van der Waals surface area contributed by atoms with Crippen LogP contribution in [0.5, 0.6) is 5.75 Å². The molecule has 0 atom stereocenters. The third-order valence-electron chi connectivity index (χ3n) is 4.57. The van der Waals surface area contributed by atoms with Crippen molar-refractivity contribution in [1.29, 1.82) is 0 Å². The number of rotatable bonds is 4. The SMILES string of the molecule is c1ccc(COc2cccc(-c3nc4c5ccccc5ccn4n3)c2)cc1. The summed E-state index contributed by atoms with van der Waals surface area (Å²) in [6, 6.07) is 28.3. The fourth-order valence-electron chi connectivity index (χ4n) is 3.20. The summed E-state index contributed by atoms with van der Waals surface area (Å²) in [7, 11) is 0. The van der Waals surface area contributed by atoms with E-state index in [0.717, 1.165) is 33.3 Å². The molecule has 0 N–H and O–H groups in total. The zero-order valence-electron chi connectivity index (χ0n) is 14.6. The number of fused-ring (bicyclic) bond motifs is 3. The molecule has 0 radical (unpaired) electrons. The van der Waals surface area contributed by atoms with Crippen LogP contribution in [0.3, 0.4) is 0 Å². The van der Waals surface area contributed by atoms with E-state index in [4.69, 9.17) is 9.72 Å². The van der Waals surface area contributed by atoms with Gasteiger partial charge in [0.15, 0.2) is 11.5 Å². The van der Waals surface area contributed by atoms with Crippen LogP contribution >= 0.6 is 0 Å². The van der Waals surface area contributed by atoms with E-state index >= 15 is 0 Å². The van der Waals surface area contributed by atoms with E-state index in [1.807, 2.05) is 65.3 Å². The Morgan fingerprint density at radius 2 is 1.67 bits per heavy atom. The normalized spacial score (nSPS) is 11.1. The number of benzene rings is 3. The van der Waals surface area contributed by atoms with E-state index in [-0.39, 0.29) is 0 Å². The van der Waals surface area contributed by atoms with E-state index in [9.17, 15) is 0 Å². The van der Waals surface area contributed by atoms with Gasteiger partial charge >= 0.3 is 0 Å². The number of aromatic nitrogens is 3. The molecule has 2 heterocycles. The average molecular weight is 351 g/mol. The highest BCUT2D eigenvalue weighted by Crippen LogP contribution is 2.25. The van der Waals surface area contributed by atoms with Crippen molar-refractivity contribution in [2.24, 2.45) is 0 Å². The fourth-order valence-corrected chi connectivity index (χ4v) is 3.20. The van der Waals surface area contributed by atoms with E-state index in [1.165, 1.54) is 0 Å². The molecule has 0 amide bonds. The molecule has 0 saturated carbocycles. The molecule has 0 bridgehead atoms. The van der Waals surface area contributed by atoms with Crippen molar-refractivity contribution in [1.82, 2.24) is 14.6 Å². The summed E-state index contributed by atoms with van der Waals surface area (Å²) < 4.78 is 7.76. The maximum atomic E-state index is 5.94. The number of hydrogen-bond acceptors (Lipinski definition) is 3. The first-order valence-electron chi connectivity index (χ1n) is 8.88. The highest BCUT2D eigenvalue weighted by atomic mass is 16.5. The standard InChI is InChI=1S/C23H17N3O/c1-2-7-17(8-3-1)16-27-20-11-6-10-19(15-20)22-24-23-21-12-5-4-9-18(21)13-14-26(23)25-22/h1-15H,16H2. The molecule has 5 aromatic rings. The molecule has 0 saturated heterocycles. The van der Waals surface area contributed by atoms with Crippen LogP contribution in [0.4, 0.5) is 0 Å². The Hall–Kier alpha value is -3.66. The molecule has 130 valence electrons. The highest BCUT2D eigenvalue weighted by Gasteiger charge is 2.10. The average Bonchev–Trinajstić information content (AvgIpc) is 3.18. The summed E-state index contributed by atoms with van der Waals surface area (Å²) >= 11 is 0. The molecule has 0 spiro atoms. The molecule has 3 aromatic carbocycles. The smallest absolute Gasteiger partial charge is 0.182 e. The minimum absolute atomic E-state index is 0.535. The Morgan fingerprint density at radius 1 is 0.815 bits per heavy atom. The van der Waals surface area contributed by atoms with Gasteiger partial charge in [-0.25, -0.2) is 9.50 Å². The molecule has 0 aliphatic heterocycles. The zero-order chi connectivity index (χ0) is 18.1. The Balaban J connectivity index is 1.48. The molecule has 0 aliphatic rings. The van der Waals surface area contributed by atoms with Gasteiger partial charge in [-0.05, 0) is 29.1 Å². The lowest BCUT2D eigenvalue weighted by molar-refractivity contribution is 0.306. The quantitative estimate of drug-likeness (QED) is 0.451. The molecule has 2 aromatic heterocycles. The maximum absolute atomic E-state index is 5.94. The highest BCUT2D eigenvalue weighted by molar-refractivity contribution is 5.94. The monoisotopic (exact) mass is 351 g/mol. The van der Waals surface area contributed by atoms with Gasteiger partial charge in [-0.15, -0.1) is 5.10 Å². The van der Waals surface area contributed by atoms with Crippen molar-refractivity contribution >= 4 is 16.4 Å². The van der Waals surface area contributed by atoms with Gasteiger partial charge in [0.05, 0.1) is 0 Å². The van der Waals surface area contributed by atoms with Crippen molar-refractivity contribution in [3.8, 4) is 17.1 Å². The Kier molecular flexibility index (Phi) is 3.79. The van der Waals surface area contributed by atoms with Gasteiger partial charge in [-0.2, -0.15) is 0 Å². The van der Waals surface area contributed by atoms with Crippen LogP contribution in [-0.2, 0) is 6.61 Å². The lowest BCUT2D eigenvalue weighted by Crippen LogP contribution is -1.95. The van der Waals surface area contributed by atoms with Crippen LogP contribution < -0.4 is 4.74 Å². The van der Waals surface area contributed by atoms with Crippen LogP contribution in [0.1, 0.15) is 5.56 Å². The van der Waals surface area contributed by atoms with Crippen LogP contribution in [0.25, 0.3) is 27.8 Å². The van der Waals surface area contributed by atoms with Gasteiger partial charge in [0, 0.05) is 17.1 Å². The van der Waals surface area contributed by atoms with Crippen molar-refractivity contribution < 1.29 is 4.74 Å². The molecule has 0 aliphatic carbocycles. The van der Waals surface area contributed by atoms with Crippen molar-refractivity contribution in [3.63, 3.8) is 0 Å². The lowest BCUT2D eigenvalue weighted by atomic mass is 10.2. The lowest BCUT2D eigenvalue weighted by Gasteiger charge is -2.07. The van der Waals surface area contributed by atoms with Gasteiger partial charge < -0.3 is 4.74 Å². The molecular formula is C23H17N3O. The molecule has 0 fully saturated rings. The van der Waals surface area contributed by atoms with Gasteiger partial charge in [-0.3, -0.25) is 0 Å². The first kappa shape index (κ1) is 15.6. The number of pyridine rings is 1. The summed E-state index contributed by atoms with van der Waals surface area (Å²) in [5, 5.41) is 6.89. The summed E-state index contributed by atoms with van der Waals surface area (Å²) in [5.41, 5.74) is 2.94. The number of ether oxygens (including phenoxy) is 1. The summed E-state index contributed by atoms with van der Waals surface area (Å²) in [4.78, 5) is 4.77. The minimum atomic E-state index is 0.535. The third-order valence-corrected chi connectivity index (χ3v) is 4.57. The second-order valence-corrected chi connectivity index (χ2v) is 6.41. The Morgan fingerprint density at radius 3 is 2.59 bits per heavy atom.